The van der Waals surface area contributed by atoms with Gasteiger partial charge in [-0.2, -0.15) is 0 Å². The molecule has 133 valence electrons. The Morgan fingerprint density at radius 1 is 1.32 bits per heavy atom. The Labute approximate surface area is 189 Å². The molecular weight excluding hydrogens is 359 g/mol. The standard InChI is InChI=1S/C18H24FN.C2H3.CH3.Na.V/c1-4-6-14(5-2)16-11-13(3)18(17(19)12-16)15-7-9-20-10-8-15;1-2;;;/h11-12,14-15H,2,4,6-10H2,1,3H3;1H,2H2;1H3;;/q-2;2*-1;+1;+2. The van der Waals surface area contributed by atoms with Gasteiger partial charge in [0.2, 0.25) is 0 Å². The second-order valence-electron chi connectivity index (χ2n) is 5.72. The molecule has 1 fully saturated rings. The Morgan fingerprint density at radius 2 is 1.88 bits per heavy atom. The van der Waals surface area contributed by atoms with Gasteiger partial charge in [-0.1, -0.05) is 44.2 Å². The number of allylic oxidation sites excluding steroid dienone is 1. The molecule has 0 saturated carbocycles. The summed E-state index contributed by atoms with van der Waals surface area (Å²) < 4.78 is 14.6. The van der Waals surface area contributed by atoms with Crippen LogP contribution in [0.1, 0.15) is 61.1 Å². The molecule has 1 aliphatic rings. The molecule has 1 atom stereocenters. The van der Waals surface area contributed by atoms with Crippen LogP contribution in [0.4, 0.5) is 4.39 Å². The molecule has 0 N–H and O–H groups in total. The van der Waals surface area contributed by atoms with Crippen LogP contribution >= 0.6 is 0 Å². The minimum atomic E-state index is -0.0525. The first-order chi connectivity index (χ1) is 10.7. The van der Waals surface area contributed by atoms with Gasteiger partial charge in [0.25, 0.3) is 0 Å². The van der Waals surface area contributed by atoms with Crippen molar-refractivity contribution in [2.75, 3.05) is 13.1 Å². The third kappa shape index (κ3) is 8.60. The number of piperidine rings is 1. The molecule has 1 saturated heterocycles. The normalized spacial score (nSPS) is 14.5. The molecule has 1 aromatic carbocycles. The third-order valence-corrected chi connectivity index (χ3v) is 4.26. The van der Waals surface area contributed by atoms with Crippen molar-refractivity contribution >= 4 is 0 Å². The number of benzene rings is 1. The van der Waals surface area contributed by atoms with Gasteiger partial charge in [-0.25, -0.2) is 4.39 Å². The quantitative estimate of drug-likeness (QED) is 0.542. The Morgan fingerprint density at radius 3 is 2.32 bits per heavy atom. The first-order valence-corrected chi connectivity index (χ1v) is 8.04. The van der Waals surface area contributed by atoms with E-state index in [1.165, 1.54) is 0 Å². The molecule has 1 radical (unpaired) electrons. The number of hydrogen-bond acceptors (Lipinski definition) is 0. The van der Waals surface area contributed by atoms with Crippen molar-refractivity contribution in [1.29, 1.82) is 0 Å². The molecule has 4 heteroatoms. The number of hydrogen-bond donors (Lipinski definition) is 0. The Bertz CT molecular complexity index is 464. The van der Waals surface area contributed by atoms with Gasteiger partial charge < -0.3 is 25.4 Å². The molecule has 0 amide bonds. The van der Waals surface area contributed by atoms with E-state index in [0.717, 1.165) is 55.5 Å². The maximum absolute atomic E-state index is 14.6. The van der Waals surface area contributed by atoms with Crippen LogP contribution in [0.5, 0.6) is 0 Å². The second-order valence-corrected chi connectivity index (χ2v) is 5.72. The molecule has 0 aliphatic carbocycles. The fraction of sp³-hybridized carbons (Fsp3) is 0.476. The van der Waals surface area contributed by atoms with Gasteiger partial charge in [0.15, 0.2) is 0 Å². The zero-order valence-electron chi connectivity index (χ0n) is 16.3. The van der Waals surface area contributed by atoms with Crippen LogP contribution in [0.3, 0.4) is 0 Å². The predicted molar refractivity (Wildman–Crippen MR) is 99.1 cm³/mol. The summed E-state index contributed by atoms with van der Waals surface area (Å²) in [4.78, 5) is 0. The van der Waals surface area contributed by atoms with E-state index in [1.54, 1.807) is 6.07 Å². The van der Waals surface area contributed by atoms with Crippen molar-refractivity contribution in [3.63, 3.8) is 0 Å². The van der Waals surface area contributed by atoms with Crippen LogP contribution in [-0.4, -0.2) is 13.1 Å². The number of rotatable bonds is 5. The summed E-state index contributed by atoms with van der Waals surface area (Å²) in [5.41, 5.74) is 2.99. The summed E-state index contributed by atoms with van der Waals surface area (Å²) in [6.07, 6.45) is 7.02. The van der Waals surface area contributed by atoms with Gasteiger partial charge in [-0.3, -0.25) is 13.2 Å². The first kappa shape index (κ1) is 29.9. The number of aryl methyl sites for hydroxylation is 1. The van der Waals surface area contributed by atoms with E-state index in [2.05, 4.69) is 44.1 Å². The van der Waals surface area contributed by atoms with Crippen molar-refractivity contribution in [3.8, 4) is 0 Å². The van der Waals surface area contributed by atoms with Crippen LogP contribution < -0.4 is 29.6 Å². The van der Waals surface area contributed by atoms with E-state index in [0.29, 0.717) is 5.92 Å². The fourth-order valence-corrected chi connectivity index (χ4v) is 3.21. The molecule has 2 rings (SSSR count). The molecule has 1 unspecified atom stereocenters. The van der Waals surface area contributed by atoms with Crippen LogP contribution in [0.2, 0.25) is 0 Å². The van der Waals surface area contributed by atoms with Crippen molar-refractivity contribution in [1.82, 2.24) is 0 Å². The molecular formula is C21H30FNNaV-. The summed E-state index contributed by atoms with van der Waals surface area (Å²) in [5, 5.41) is 4.35. The number of nitrogens with zero attached hydrogens (tertiary/aromatic N) is 1. The zero-order valence-corrected chi connectivity index (χ0v) is 19.7. The summed E-state index contributed by atoms with van der Waals surface area (Å²) >= 11 is 0. The van der Waals surface area contributed by atoms with Gasteiger partial charge >= 0.3 is 48.1 Å². The minimum absolute atomic E-state index is 0. The monoisotopic (exact) mass is 389 g/mol. The molecule has 1 aliphatic heterocycles. The van der Waals surface area contributed by atoms with Gasteiger partial charge in [-0.05, 0) is 30.0 Å². The van der Waals surface area contributed by atoms with E-state index < -0.39 is 0 Å². The Hall–Kier alpha value is 0.174. The minimum Gasteiger partial charge on any atom is -0.662 e. The van der Waals surface area contributed by atoms with E-state index in [4.69, 9.17) is 0 Å². The molecule has 25 heavy (non-hydrogen) atoms. The van der Waals surface area contributed by atoms with Crippen LogP contribution in [0.25, 0.3) is 5.32 Å². The number of halogens is 1. The molecule has 1 nitrogen and oxygen atoms in total. The fourth-order valence-electron chi connectivity index (χ4n) is 3.21. The summed E-state index contributed by atoms with van der Waals surface area (Å²) in [7, 11) is 0. The van der Waals surface area contributed by atoms with Gasteiger partial charge in [0.05, 0.1) is 0 Å². The first-order valence-electron chi connectivity index (χ1n) is 8.04. The van der Waals surface area contributed by atoms with Gasteiger partial charge in [0, 0.05) is 0 Å². The van der Waals surface area contributed by atoms with Gasteiger partial charge in [-0.15, -0.1) is 19.0 Å². The third-order valence-electron chi connectivity index (χ3n) is 4.26. The summed E-state index contributed by atoms with van der Waals surface area (Å²) in [5.74, 6) is 0.422. The van der Waals surface area contributed by atoms with E-state index >= 15 is 0 Å². The van der Waals surface area contributed by atoms with Crippen LogP contribution in [0, 0.1) is 32.8 Å². The SMILES string of the molecule is C=[C-]C(CCC)c1cc(C)c(C2CC[N-]CC2)c(F)c1.[CH-]=C.[CH3-].[Na+].[V+2]. The predicted octanol–water partition coefficient (Wildman–Crippen LogP) is 3.32. The molecule has 1 heterocycles. The van der Waals surface area contributed by atoms with Crippen molar-refractivity contribution in [2.45, 2.75) is 51.4 Å². The second kappa shape index (κ2) is 16.4. The zero-order chi connectivity index (χ0) is 16.5. The van der Waals surface area contributed by atoms with Crippen LogP contribution in [0.15, 0.2) is 25.3 Å². The van der Waals surface area contributed by atoms with Crippen molar-refractivity contribution < 1.29 is 52.5 Å². The molecule has 0 aromatic heterocycles. The van der Waals surface area contributed by atoms with Crippen LogP contribution in [-0.2, 0) is 18.6 Å². The maximum Gasteiger partial charge on any atom is 2.00 e. The average Bonchev–Trinajstić information content (AvgIpc) is 2.55. The maximum atomic E-state index is 14.6. The molecule has 1 aromatic rings. The largest absolute Gasteiger partial charge is 2.00 e. The van der Waals surface area contributed by atoms with E-state index in [1.807, 2.05) is 6.92 Å². The summed E-state index contributed by atoms with van der Waals surface area (Å²) in [6, 6.07) is 3.83. The van der Waals surface area contributed by atoms with E-state index in [9.17, 15) is 4.39 Å². The van der Waals surface area contributed by atoms with Gasteiger partial charge in [0.1, 0.15) is 5.82 Å². The topological polar surface area (TPSA) is 14.1 Å². The van der Waals surface area contributed by atoms with Crippen molar-refractivity contribution in [3.05, 3.63) is 73.2 Å². The molecule has 0 bridgehead atoms. The Balaban J connectivity index is -0.000000934. The Kier molecular flexibility index (Phi) is 19.6. The summed E-state index contributed by atoms with van der Waals surface area (Å²) in [6.45, 7) is 16.7. The van der Waals surface area contributed by atoms with Crippen molar-refractivity contribution in [2.24, 2.45) is 0 Å². The van der Waals surface area contributed by atoms with E-state index in [-0.39, 0.29) is 67.3 Å². The molecule has 0 spiro atoms. The smallest absolute Gasteiger partial charge is 0.662 e. The average molecular weight is 389 g/mol.